The van der Waals surface area contributed by atoms with Crippen LogP contribution in [0.2, 0.25) is 0 Å². The van der Waals surface area contributed by atoms with Crippen LogP contribution in [0.3, 0.4) is 0 Å². The number of hydrogen-bond acceptors (Lipinski definition) is 6. The minimum Gasteiger partial charge on any atom is -0.399 e. The van der Waals surface area contributed by atoms with Gasteiger partial charge in [0.15, 0.2) is 0 Å². The zero-order valence-corrected chi connectivity index (χ0v) is 14.2. The molecule has 8 heteroatoms. The second-order valence-electron chi connectivity index (χ2n) is 5.64. The largest absolute Gasteiger partial charge is 0.399 e. The van der Waals surface area contributed by atoms with E-state index < -0.39 is 0 Å². The lowest BCUT2D eigenvalue weighted by Crippen LogP contribution is -2.46. The van der Waals surface area contributed by atoms with Crippen LogP contribution in [0.15, 0.2) is 35.7 Å². The predicted octanol–water partition coefficient (Wildman–Crippen LogP) is 2.50. The zero-order chi connectivity index (χ0) is 17.3. The first kappa shape index (κ1) is 16.4. The Morgan fingerprint density at radius 3 is 2.75 bits per heavy atom. The van der Waals surface area contributed by atoms with Gasteiger partial charge in [-0.1, -0.05) is 0 Å². The molecule has 2 aromatic rings. The van der Waals surface area contributed by atoms with E-state index in [4.69, 9.17) is 5.73 Å². The number of anilines is 1. The maximum atomic E-state index is 13.0. The van der Waals surface area contributed by atoms with Crippen molar-refractivity contribution in [2.24, 2.45) is 5.73 Å². The number of carbonyl (C=O) groups excluding carboxylic acids is 1. The summed E-state index contributed by atoms with van der Waals surface area (Å²) in [6.07, 6.45) is 0.599. The first-order valence-electron chi connectivity index (χ1n) is 7.58. The quantitative estimate of drug-likeness (QED) is 0.891. The summed E-state index contributed by atoms with van der Waals surface area (Å²) in [6.45, 7) is 4.23. The normalized spacial score (nSPS) is 18.0. The van der Waals surface area contributed by atoms with E-state index in [-0.39, 0.29) is 17.8 Å². The molecule has 3 rings (SSSR count). The lowest BCUT2D eigenvalue weighted by atomic mass is 10.0. The van der Waals surface area contributed by atoms with Crippen LogP contribution in [-0.4, -0.2) is 32.8 Å². The predicted molar refractivity (Wildman–Crippen MR) is 91.0 cm³/mol. The standard InChI is InChI=1S/C16H18FN5OS/c1-9-14(18)13(20-16-19-10(2)21-24-16)7-8-22(9)15(23)11-3-5-12(17)6-4-11/h3-6,9H,7-8,18H2,1-2H3,(H,19,20,21). The summed E-state index contributed by atoms with van der Waals surface area (Å²) < 4.78 is 17.1. The van der Waals surface area contributed by atoms with E-state index in [0.29, 0.717) is 35.2 Å². The zero-order valence-electron chi connectivity index (χ0n) is 13.4. The Labute approximate surface area is 143 Å². The number of rotatable bonds is 3. The number of benzene rings is 1. The van der Waals surface area contributed by atoms with Crippen molar-refractivity contribution in [2.45, 2.75) is 26.3 Å². The van der Waals surface area contributed by atoms with Crippen molar-refractivity contribution in [1.82, 2.24) is 14.3 Å². The maximum Gasteiger partial charge on any atom is 0.254 e. The molecule has 0 aliphatic carbocycles. The van der Waals surface area contributed by atoms with Crippen LogP contribution in [0, 0.1) is 12.7 Å². The molecule has 1 aromatic heterocycles. The molecule has 0 saturated heterocycles. The molecule has 0 radical (unpaired) electrons. The number of nitrogens with one attached hydrogen (secondary N) is 1. The van der Waals surface area contributed by atoms with E-state index >= 15 is 0 Å². The number of aryl methyl sites for hydroxylation is 1. The van der Waals surface area contributed by atoms with E-state index in [1.807, 2.05) is 13.8 Å². The fourth-order valence-electron chi connectivity index (χ4n) is 2.64. The number of hydrogen-bond donors (Lipinski definition) is 2. The second kappa shape index (κ2) is 6.56. The first-order chi connectivity index (χ1) is 11.5. The summed E-state index contributed by atoms with van der Waals surface area (Å²) in [5, 5.41) is 3.89. The van der Waals surface area contributed by atoms with E-state index in [9.17, 15) is 9.18 Å². The van der Waals surface area contributed by atoms with Gasteiger partial charge in [0.25, 0.3) is 5.91 Å². The molecule has 0 saturated carbocycles. The van der Waals surface area contributed by atoms with Crippen LogP contribution in [0.4, 0.5) is 9.52 Å². The van der Waals surface area contributed by atoms with Gasteiger partial charge in [-0.2, -0.15) is 4.37 Å². The fourth-order valence-corrected chi connectivity index (χ4v) is 3.24. The van der Waals surface area contributed by atoms with Crippen molar-refractivity contribution in [3.05, 3.63) is 52.9 Å². The van der Waals surface area contributed by atoms with Gasteiger partial charge in [-0.25, -0.2) is 9.37 Å². The molecule has 126 valence electrons. The number of nitrogens with zero attached hydrogens (tertiary/aromatic N) is 3. The lowest BCUT2D eigenvalue weighted by molar-refractivity contribution is 0.0705. The highest BCUT2D eigenvalue weighted by molar-refractivity contribution is 7.09. The van der Waals surface area contributed by atoms with Gasteiger partial charge in [0.2, 0.25) is 5.13 Å². The second-order valence-corrected chi connectivity index (χ2v) is 6.39. The average Bonchev–Trinajstić information content (AvgIpc) is 2.97. The van der Waals surface area contributed by atoms with Crippen LogP contribution in [0.1, 0.15) is 29.5 Å². The number of carbonyl (C=O) groups is 1. The molecule has 3 N–H and O–H groups in total. The van der Waals surface area contributed by atoms with Gasteiger partial charge in [-0.3, -0.25) is 4.79 Å². The monoisotopic (exact) mass is 347 g/mol. The fraction of sp³-hybridized carbons (Fsp3) is 0.312. The molecule has 2 heterocycles. The van der Waals surface area contributed by atoms with Gasteiger partial charge < -0.3 is 16.0 Å². The number of nitrogens with two attached hydrogens (primary N) is 1. The van der Waals surface area contributed by atoms with Gasteiger partial charge in [0, 0.05) is 35.8 Å². The van der Waals surface area contributed by atoms with Crippen LogP contribution in [0.5, 0.6) is 0 Å². The minimum absolute atomic E-state index is 0.156. The van der Waals surface area contributed by atoms with Crippen molar-refractivity contribution in [3.63, 3.8) is 0 Å². The number of halogens is 1. The smallest absolute Gasteiger partial charge is 0.254 e. The van der Waals surface area contributed by atoms with Crippen LogP contribution >= 0.6 is 11.5 Å². The lowest BCUT2D eigenvalue weighted by Gasteiger charge is -2.35. The minimum atomic E-state index is -0.364. The Morgan fingerprint density at radius 1 is 1.42 bits per heavy atom. The third-order valence-electron chi connectivity index (χ3n) is 4.01. The van der Waals surface area contributed by atoms with Crippen molar-refractivity contribution >= 4 is 22.6 Å². The molecule has 1 aliphatic heterocycles. The molecule has 1 atom stereocenters. The molecule has 0 spiro atoms. The Hall–Kier alpha value is -2.48. The highest BCUT2D eigenvalue weighted by Gasteiger charge is 2.29. The molecular weight excluding hydrogens is 329 g/mol. The number of aromatic nitrogens is 2. The SMILES string of the molecule is Cc1nsc(NC2=C(N)C(C)N(C(=O)c3ccc(F)cc3)CC2)n1. The third-order valence-corrected chi connectivity index (χ3v) is 4.73. The summed E-state index contributed by atoms with van der Waals surface area (Å²) in [5.74, 6) is 0.186. The third kappa shape index (κ3) is 3.23. The van der Waals surface area contributed by atoms with Crippen LogP contribution < -0.4 is 11.1 Å². The Kier molecular flexibility index (Phi) is 4.48. The van der Waals surface area contributed by atoms with E-state index in [1.165, 1.54) is 35.8 Å². The summed E-state index contributed by atoms with van der Waals surface area (Å²) in [6, 6.07) is 5.29. The van der Waals surface area contributed by atoms with E-state index in [2.05, 4.69) is 14.7 Å². The first-order valence-corrected chi connectivity index (χ1v) is 8.35. The topological polar surface area (TPSA) is 84.1 Å². The highest BCUT2D eigenvalue weighted by atomic mass is 32.1. The Morgan fingerprint density at radius 2 is 2.12 bits per heavy atom. The van der Waals surface area contributed by atoms with Gasteiger partial charge >= 0.3 is 0 Å². The molecule has 1 aliphatic rings. The number of amides is 1. The average molecular weight is 347 g/mol. The highest BCUT2D eigenvalue weighted by Crippen LogP contribution is 2.25. The van der Waals surface area contributed by atoms with Crippen LogP contribution in [-0.2, 0) is 0 Å². The molecular formula is C16H18FN5OS. The maximum absolute atomic E-state index is 13.0. The van der Waals surface area contributed by atoms with Gasteiger partial charge in [0.1, 0.15) is 11.6 Å². The molecule has 1 aromatic carbocycles. The van der Waals surface area contributed by atoms with Crippen molar-refractivity contribution in [3.8, 4) is 0 Å². The Bertz CT molecular complexity index is 786. The molecule has 6 nitrogen and oxygen atoms in total. The summed E-state index contributed by atoms with van der Waals surface area (Å²) in [5.41, 5.74) is 8.14. The van der Waals surface area contributed by atoms with Crippen LogP contribution in [0.25, 0.3) is 0 Å². The van der Waals surface area contributed by atoms with E-state index in [1.54, 1.807) is 4.90 Å². The molecule has 24 heavy (non-hydrogen) atoms. The van der Waals surface area contributed by atoms with Crippen molar-refractivity contribution in [2.75, 3.05) is 11.9 Å². The van der Waals surface area contributed by atoms with Gasteiger partial charge in [-0.05, 0) is 38.1 Å². The molecule has 1 unspecified atom stereocenters. The van der Waals surface area contributed by atoms with Crippen molar-refractivity contribution in [1.29, 1.82) is 0 Å². The molecule has 0 fully saturated rings. The molecule has 0 bridgehead atoms. The Balaban J connectivity index is 1.77. The van der Waals surface area contributed by atoms with Crippen molar-refractivity contribution < 1.29 is 9.18 Å². The summed E-state index contributed by atoms with van der Waals surface area (Å²) in [4.78, 5) is 18.6. The summed E-state index contributed by atoms with van der Waals surface area (Å²) in [7, 11) is 0. The van der Waals surface area contributed by atoms with E-state index in [0.717, 1.165) is 5.70 Å². The van der Waals surface area contributed by atoms with Gasteiger partial charge in [0.05, 0.1) is 11.7 Å². The molecule has 1 amide bonds. The van der Waals surface area contributed by atoms with Gasteiger partial charge in [-0.15, -0.1) is 0 Å². The summed E-state index contributed by atoms with van der Waals surface area (Å²) >= 11 is 1.27.